The Morgan fingerprint density at radius 2 is 1.80 bits per heavy atom. The Kier molecular flexibility index (Phi) is 5.37. The van der Waals surface area contributed by atoms with Crippen molar-refractivity contribution in [2.24, 2.45) is 0 Å². The SMILES string of the molecule is O=c1oc(=O)n(CCCOc2ccc(Cl)c(Cl)c2)c2c(Cl)cccc12. The van der Waals surface area contributed by atoms with Gasteiger partial charge in [-0.15, -0.1) is 0 Å². The minimum absolute atomic E-state index is 0.262. The van der Waals surface area contributed by atoms with Crippen LogP contribution in [0.25, 0.3) is 10.9 Å². The molecule has 0 saturated heterocycles. The van der Waals surface area contributed by atoms with Crippen LogP contribution in [0.2, 0.25) is 15.1 Å². The number of hydrogen-bond acceptors (Lipinski definition) is 4. The molecule has 0 aliphatic rings. The van der Waals surface area contributed by atoms with Gasteiger partial charge in [0.1, 0.15) is 5.75 Å². The molecule has 0 aliphatic carbocycles. The van der Waals surface area contributed by atoms with Gasteiger partial charge in [-0.3, -0.25) is 4.57 Å². The number of fused-ring (bicyclic) bond motifs is 1. The largest absolute Gasteiger partial charge is 0.493 e. The van der Waals surface area contributed by atoms with Crippen LogP contribution in [0.1, 0.15) is 6.42 Å². The Balaban J connectivity index is 1.76. The molecular weight excluding hydrogens is 389 g/mol. The highest BCUT2D eigenvalue weighted by molar-refractivity contribution is 6.42. The van der Waals surface area contributed by atoms with Gasteiger partial charge in [0.2, 0.25) is 0 Å². The van der Waals surface area contributed by atoms with Crippen molar-refractivity contribution in [2.45, 2.75) is 13.0 Å². The van der Waals surface area contributed by atoms with Crippen LogP contribution in [0.4, 0.5) is 0 Å². The molecule has 0 N–H and O–H groups in total. The zero-order valence-corrected chi connectivity index (χ0v) is 15.1. The van der Waals surface area contributed by atoms with Crippen molar-refractivity contribution < 1.29 is 9.15 Å². The van der Waals surface area contributed by atoms with Crippen molar-refractivity contribution in [1.29, 1.82) is 0 Å². The first-order valence-electron chi connectivity index (χ1n) is 7.37. The highest BCUT2D eigenvalue weighted by Gasteiger charge is 2.12. The van der Waals surface area contributed by atoms with Gasteiger partial charge in [0.25, 0.3) is 0 Å². The van der Waals surface area contributed by atoms with E-state index in [-0.39, 0.29) is 11.9 Å². The summed E-state index contributed by atoms with van der Waals surface area (Å²) >= 11 is 17.9. The van der Waals surface area contributed by atoms with Crippen LogP contribution in [0, 0.1) is 0 Å². The number of aromatic nitrogens is 1. The molecule has 0 unspecified atom stereocenters. The summed E-state index contributed by atoms with van der Waals surface area (Å²) < 4.78 is 11.7. The summed E-state index contributed by atoms with van der Waals surface area (Å²) in [6.07, 6.45) is 0.494. The molecule has 3 aromatic rings. The number of benzene rings is 2. The molecule has 0 amide bonds. The first kappa shape index (κ1) is 17.9. The van der Waals surface area contributed by atoms with E-state index in [1.807, 2.05) is 0 Å². The van der Waals surface area contributed by atoms with Crippen molar-refractivity contribution >= 4 is 45.7 Å². The van der Waals surface area contributed by atoms with Gasteiger partial charge in [-0.05, 0) is 30.7 Å². The molecule has 130 valence electrons. The van der Waals surface area contributed by atoms with Crippen molar-refractivity contribution in [3.63, 3.8) is 0 Å². The molecule has 2 aromatic carbocycles. The summed E-state index contributed by atoms with van der Waals surface area (Å²) in [6.45, 7) is 0.611. The zero-order valence-electron chi connectivity index (χ0n) is 12.8. The Morgan fingerprint density at radius 1 is 1.00 bits per heavy atom. The quantitative estimate of drug-likeness (QED) is 0.596. The van der Waals surface area contributed by atoms with Crippen LogP contribution in [0.5, 0.6) is 5.75 Å². The van der Waals surface area contributed by atoms with E-state index in [1.54, 1.807) is 36.4 Å². The summed E-state index contributed by atoms with van der Waals surface area (Å²) in [4.78, 5) is 23.8. The fourth-order valence-electron chi connectivity index (χ4n) is 2.42. The van der Waals surface area contributed by atoms with E-state index >= 15 is 0 Å². The minimum Gasteiger partial charge on any atom is -0.493 e. The molecule has 0 spiro atoms. The van der Waals surface area contributed by atoms with Crippen molar-refractivity contribution in [3.8, 4) is 5.75 Å². The summed E-state index contributed by atoms with van der Waals surface area (Å²) in [5.41, 5.74) is -0.342. The van der Waals surface area contributed by atoms with Crippen molar-refractivity contribution in [3.05, 3.63) is 72.4 Å². The fourth-order valence-corrected chi connectivity index (χ4v) is 2.98. The molecule has 5 nitrogen and oxygen atoms in total. The number of halogens is 3. The van der Waals surface area contributed by atoms with Gasteiger partial charge in [0.05, 0.1) is 32.6 Å². The molecule has 8 heteroatoms. The third-order valence-electron chi connectivity index (χ3n) is 3.56. The minimum atomic E-state index is -0.750. The molecule has 1 heterocycles. The van der Waals surface area contributed by atoms with Gasteiger partial charge in [-0.25, -0.2) is 9.59 Å². The lowest BCUT2D eigenvalue weighted by atomic mass is 10.2. The Hall–Kier alpha value is -1.95. The third kappa shape index (κ3) is 3.84. The lowest BCUT2D eigenvalue weighted by molar-refractivity contribution is 0.296. The van der Waals surface area contributed by atoms with Gasteiger partial charge in [0.15, 0.2) is 0 Å². The first-order valence-corrected chi connectivity index (χ1v) is 8.51. The van der Waals surface area contributed by atoms with E-state index in [9.17, 15) is 9.59 Å². The van der Waals surface area contributed by atoms with E-state index in [2.05, 4.69) is 0 Å². The second kappa shape index (κ2) is 7.52. The molecule has 0 bridgehead atoms. The lowest BCUT2D eigenvalue weighted by Crippen LogP contribution is -2.26. The zero-order chi connectivity index (χ0) is 18.0. The number of aryl methyl sites for hydroxylation is 1. The second-order valence-electron chi connectivity index (χ2n) is 5.22. The van der Waals surface area contributed by atoms with Gasteiger partial charge in [-0.1, -0.05) is 40.9 Å². The van der Waals surface area contributed by atoms with Crippen LogP contribution >= 0.6 is 34.8 Å². The van der Waals surface area contributed by atoms with Gasteiger partial charge >= 0.3 is 11.4 Å². The normalized spacial score (nSPS) is 11.0. The Bertz CT molecular complexity index is 1040. The molecule has 0 fully saturated rings. The predicted octanol–water partition coefficient (Wildman–Crippen LogP) is 4.38. The molecule has 0 radical (unpaired) electrons. The summed E-state index contributed by atoms with van der Waals surface area (Å²) in [5, 5.41) is 1.42. The van der Waals surface area contributed by atoms with Gasteiger partial charge in [-0.2, -0.15) is 0 Å². The van der Waals surface area contributed by atoms with E-state index in [1.165, 1.54) is 4.57 Å². The third-order valence-corrected chi connectivity index (χ3v) is 4.61. The Morgan fingerprint density at radius 3 is 2.56 bits per heavy atom. The van der Waals surface area contributed by atoms with Gasteiger partial charge < -0.3 is 9.15 Å². The lowest BCUT2D eigenvalue weighted by Gasteiger charge is -2.11. The van der Waals surface area contributed by atoms with E-state index < -0.39 is 11.4 Å². The highest BCUT2D eigenvalue weighted by Crippen LogP contribution is 2.26. The smallest absolute Gasteiger partial charge is 0.422 e. The predicted molar refractivity (Wildman–Crippen MR) is 98.3 cm³/mol. The molecule has 0 saturated carbocycles. The second-order valence-corrected chi connectivity index (χ2v) is 6.44. The number of nitrogens with zero attached hydrogens (tertiary/aromatic N) is 1. The number of rotatable bonds is 5. The van der Waals surface area contributed by atoms with Crippen LogP contribution in [0.3, 0.4) is 0 Å². The molecule has 0 atom stereocenters. The molecule has 3 rings (SSSR count). The highest BCUT2D eigenvalue weighted by atomic mass is 35.5. The van der Waals surface area contributed by atoms with Crippen LogP contribution in [0.15, 0.2) is 50.4 Å². The van der Waals surface area contributed by atoms with Crippen molar-refractivity contribution in [1.82, 2.24) is 4.57 Å². The van der Waals surface area contributed by atoms with Crippen LogP contribution < -0.4 is 16.1 Å². The van der Waals surface area contributed by atoms with Crippen molar-refractivity contribution in [2.75, 3.05) is 6.61 Å². The number of para-hydroxylation sites is 1. The summed E-state index contributed by atoms with van der Waals surface area (Å²) in [7, 11) is 0. The Labute approximate surface area is 157 Å². The summed E-state index contributed by atoms with van der Waals surface area (Å²) in [5.74, 6) is -0.177. The monoisotopic (exact) mass is 399 g/mol. The van der Waals surface area contributed by atoms with E-state index in [4.69, 9.17) is 44.0 Å². The standard InChI is InChI=1S/C17H12Cl3NO4/c18-12-6-5-10(9-14(12)20)24-8-2-7-21-15-11(3-1-4-13(15)19)16(22)25-17(21)23/h1,3-6,9H,2,7-8H2. The molecule has 25 heavy (non-hydrogen) atoms. The first-order chi connectivity index (χ1) is 12.0. The average molecular weight is 401 g/mol. The maximum absolute atomic E-state index is 12.0. The molecular formula is C17H12Cl3NO4. The fraction of sp³-hybridized carbons (Fsp3) is 0.176. The molecule has 1 aromatic heterocycles. The van der Waals surface area contributed by atoms with E-state index in [0.29, 0.717) is 39.4 Å². The van der Waals surface area contributed by atoms with Crippen LogP contribution in [-0.4, -0.2) is 11.2 Å². The maximum atomic E-state index is 12.0. The van der Waals surface area contributed by atoms with E-state index in [0.717, 1.165) is 0 Å². The van der Waals surface area contributed by atoms with Gasteiger partial charge in [0, 0.05) is 12.6 Å². The average Bonchev–Trinajstić information content (AvgIpc) is 2.57. The van der Waals surface area contributed by atoms with Crippen LogP contribution in [-0.2, 0) is 6.54 Å². The summed E-state index contributed by atoms with van der Waals surface area (Å²) in [6, 6.07) is 9.77. The molecule has 0 aliphatic heterocycles. The maximum Gasteiger partial charge on any atom is 0.422 e. The number of ether oxygens (including phenoxy) is 1. The number of hydrogen-bond donors (Lipinski definition) is 0. The topological polar surface area (TPSA) is 61.4 Å².